The van der Waals surface area contributed by atoms with E-state index in [1.165, 1.54) is 0 Å². The van der Waals surface area contributed by atoms with Gasteiger partial charge >= 0.3 is 5.97 Å². The maximum Gasteiger partial charge on any atom is 0.320 e. The summed E-state index contributed by atoms with van der Waals surface area (Å²) in [7, 11) is 2.12. The third kappa shape index (κ3) is 4.33. The van der Waals surface area contributed by atoms with Gasteiger partial charge in [0.1, 0.15) is 6.61 Å². The van der Waals surface area contributed by atoms with Crippen LogP contribution in [0.15, 0.2) is 30.3 Å². The van der Waals surface area contributed by atoms with Crippen LogP contribution in [0.4, 0.5) is 0 Å². The summed E-state index contributed by atoms with van der Waals surface area (Å²) < 4.78 is 5.30. The second-order valence-corrected chi connectivity index (χ2v) is 5.21. The summed E-state index contributed by atoms with van der Waals surface area (Å²) in [5.41, 5.74) is 1.03. The van der Waals surface area contributed by atoms with Gasteiger partial charge in [0.05, 0.1) is 6.54 Å². The van der Waals surface area contributed by atoms with E-state index in [0.29, 0.717) is 19.2 Å². The van der Waals surface area contributed by atoms with Gasteiger partial charge in [-0.1, -0.05) is 30.3 Å². The summed E-state index contributed by atoms with van der Waals surface area (Å²) in [6, 6.07) is 10.3. The highest BCUT2D eigenvalue weighted by Crippen LogP contribution is 2.07. The standard InChI is InChI=1S/C15H22N2O2/c1-13-10-17(9-8-16(13)2)11-15(18)19-12-14-6-4-3-5-7-14/h3-7,13H,8-12H2,1-2H3. The molecular weight excluding hydrogens is 240 g/mol. The number of rotatable bonds is 4. The molecule has 1 heterocycles. The van der Waals surface area contributed by atoms with Crippen LogP contribution in [0.1, 0.15) is 12.5 Å². The maximum absolute atomic E-state index is 11.8. The molecule has 0 saturated carbocycles. The lowest BCUT2D eigenvalue weighted by atomic mass is 10.2. The third-order valence-corrected chi connectivity index (χ3v) is 3.64. The monoisotopic (exact) mass is 262 g/mol. The van der Waals surface area contributed by atoms with Crippen LogP contribution >= 0.6 is 0 Å². The van der Waals surface area contributed by atoms with Crippen LogP contribution < -0.4 is 0 Å². The minimum Gasteiger partial charge on any atom is -0.460 e. The summed E-state index contributed by atoms with van der Waals surface area (Å²) in [5.74, 6) is -0.138. The first-order valence-electron chi connectivity index (χ1n) is 6.77. The number of piperazine rings is 1. The van der Waals surface area contributed by atoms with Crippen LogP contribution in [0.5, 0.6) is 0 Å². The van der Waals surface area contributed by atoms with Gasteiger partial charge < -0.3 is 9.64 Å². The summed E-state index contributed by atoms with van der Waals surface area (Å²) in [5, 5.41) is 0. The summed E-state index contributed by atoms with van der Waals surface area (Å²) >= 11 is 0. The molecule has 104 valence electrons. The van der Waals surface area contributed by atoms with E-state index in [9.17, 15) is 4.79 Å². The van der Waals surface area contributed by atoms with Gasteiger partial charge in [-0.05, 0) is 19.5 Å². The fourth-order valence-corrected chi connectivity index (χ4v) is 2.23. The fourth-order valence-electron chi connectivity index (χ4n) is 2.23. The van der Waals surface area contributed by atoms with Crippen molar-refractivity contribution in [3.63, 3.8) is 0 Å². The van der Waals surface area contributed by atoms with Crippen LogP contribution in [0.25, 0.3) is 0 Å². The first-order valence-corrected chi connectivity index (χ1v) is 6.77. The molecule has 0 spiro atoms. The van der Waals surface area contributed by atoms with Crippen molar-refractivity contribution in [2.45, 2.75) is 19.6 Å². The molecule has 0 radical (unpaired) electrons. The zero-order chi connectivity index (χ0) is 13.7. The maximum atomic E-state index is 11.8. The Morgan fingerprint density at radius 1 is 1.32 bits per heavy atom. The van der Waals surface area contributed by atoms with Gasteiger partial charge in [-0.15, -0.1) is 0 Å². The van der Waals surface area contributed by atoms with Gasteiger partial charge in [0, 0.05) is 25.7 Å². The quantitative estimate of drug-likeness (QED) is 0.767. The van der Waals surface area contributed by atoms with E-state index in [4.69, 9.17) is 4.74 Å². The SMILES string of the molecule is CC1CN(CC(=O)OCc2ccccc2)CCN1C. The number of ether oxygens (including phenoxy) is 1. The van der Waals surface area contributed by atoms with E-state index in [2.05, 4.69) is 23.8 Å². The van der Waals surface area contributed by atoms with Gasteiger partial charge in [0.25, 0.3) is 0 Å². The molecule has 4 heteroatoms. The number of nitrogens with zero attached hydrogens (tertiary/aromatic N) is 2. The zero-order valence-electron chi connectivity index (χ0n) is 11.7. The van der Waals surface area contributed by atoms with E-state index < -0.39 is 0 Å². The zero-order valence-corrected chi connectivity index (χ0v) is 11.7. The van der Waals surface area contributed by atoms with Crippen LogP contribution in [-0.2, 0) is 16.1 Å². The Bertz CT molecular complexity index is 408. The van der Waals surface area contributed by atoms with Crippen molar-refractivity contribution in [2.24, 2.45) is 0 Å². The molecule has 4 nitrogen and oxygen atoms in total. The molecule has 19 heavy (non-hydrogen) atoms. The van der Waals surface area contributed by atoms with Crippen LogP contribution in [0.3, 0.4) is 0 Å². The van der Waals surface area contributed by atoms with E-state index in [1.54, 1.807) is 0 Å². The van der Waals surface area contributed by atoms with Gasteiger partial charge in [-0.2, -0.15) is 0 Å². The molecule has 1 aliphatic rings. The molecule has 0 aliphatic carbocycles. The molecule has 1 unspecified atom stereocenters. The summed E-state index contributed by atoms with van der Waals surface area (Å²) in [4.78, 5) is 16.3. The molecule has 1 fully saturated rings. The topological polar surface area (TPSA) is 32.8 Å². The average Bonchev–Trinajstić information content (AvgIpc) is 2.42. The number of carbonyl (C=O) groups is 1. The minimum atomic E-state index is -0.138. The van der Waals surface area contributed by atoms with Crippen molar-refractivity contribution in [2.75, 3.05) is 33.2 Å². The Hall–Kier alpha value is -1.39. The Kier molecular flexibility index (Phi) is 4.93. The highest BCUT2D eigenvalue weighted by atomic mass is 16.5. The first-order chi connectivity index (χ1) is 9.15. The molecule has 1 saturated heterocycles. The van der Waals surface area contributed by atoms with Crippen molar-refractivity contribution >= 4 is 5.97 Å². The van der Waals surface area contributed by atoms with Gasteiger partial charge in [-0.25, -0.2) is 0 Å². The Balaban J connectivity index is 1.73. The lowest BCUT2D eigenvalue weighted by Gasteiger charge is -2.37. The van der Waals surface area contributed by atoms with E-state index >= 15 is 0 Å². The molecule has 0 N–H and O–H groups in total. The highest BCUT2D eigenvalue weighted by molar-refractivity contribution is 5.71. The first kappa shape index (κ1) is 14.0. The Morgan fingerprint density at radius 3 is 2.74 bits per heavy atom. The lowest BCUT2D eigenvalue weighted by molar-refractivity contribution is -0.146. The van der Waals surface area contributed by atoms with Crippen molar-refractivity contribution in [3.8, 4) is 0 Å². The summed E-state index contributed by atoms with van der Waals surface area (Å²) in [6.07, 6.45) is 0. The highest BCUT2D eigenvalue weighted by Gasteiger charge is 2.22. The molecule has 1 aromatic carbocycles. The molecule has 1 aliphatic heterocycles. The lowest BCUT2D eigenvalue weighted by Crippen LogP contribution is -2.51. The third-order valence-electron chi connectivity index (χ3n) is 3.64. The predicted octanol–water partition coefficient (Wildman–Crippen LogP) is 1.37. The second kappa shape index (κ2) is 6.68. The molecule has 0 bridgehead atoms. The number of benzene rings is 1. The van der Waals surface area contributed by atoms with Crippen molar-refractivity contribution in [3.05, 3.63) is 35.9 Å². The van der Waals surface area contributed by atoms with Crippen LogP contribution in [0, 0.1) is 0 Å². The van der Waals surface area contributed by atoms with Gasteiger partial charge in [0.15, 0.2) is 0 Å². The van der Waals surface area contributed by atoms with E-state index in [0.717, 1.165) is 25.2 Å². The molecule has 0 aromatic heterocycles. The molecule has 2 rings (SSSR count). The van der Waals surface area contributed by atoms with E-state index in [-0.39, 0.29) is 5.97 Å². The van der Waals surface area contributed by atoms with Crippen LogP contribution in [0.2, 0.25) is 0 Å². The van der Waals surface area contributed by atoms with E-state index in [1.807, 2.05) is 30.3 Å². The smallest absolute Gasteiger partial charge is 0.320 e. The minimum absolute atomic E-state index is 0.138. The summed E-state index contributed by atoms with van der Waals surface area (Å²) in [6.45, 7) is 5.81. The number of carbonyl (C=O) groups excluding carboxylic acids is 1. The van der Waals surface area contributed by atoms with Gasteiger partial charge in [-0.3, -0.25) is 9.69 Å². The van der Waals surface area contributed by atoms with Gasteiger partial charge in [0.2, 0.25) is 0 Å². The van der Waals surface area contributed by atoms with Crippen molar-refractivity contribution in [1.82, 2.24) is 9.80 Å². The number of hydrogen-bond acceptors (Lipinski definition) is 4. The Morgan fingerprint density at radius 2 is 2.05 bits per heavy atom. The molecule has 1 atom stereocenters. The number of esters is 1. The number of hydrogen-bond donors (Lipinski definition) is 0. The van der Waals surface area contributed by atoms with Crippen LogP contribution in [-0.4, -0.2) is 55.0 Å². The molecular formula is C15H22N2O2. The van der Waals surface area contributed by atoms with Crippen molar-refractivity contribution in [1.29, 1.82) is 0 Å². The largest absolute Gasteiger partial charge is 0.460 e. The average molecular weight is 262 g/mol. The fraction of sp³-hybridized carbons (Fsp3) is 0.533. The molecule has 0 amide bonds. The van der Waals surface area contributed by atoms with Crippen molar-refractivity contribution < 1.29 is 9.53 Å². The Labute approximate surface area is 115 Å². The predicted molar refractivity (Wildman–Crippen MR) is 74.8 cm³/mol. The second-order valence-electron chi connectivity index (χ2n) is 5.21. The normalized spacial score (nSPS) is 21.3. The molecule has 1 aromatic rings. The number of likely N-dealkylation sites (N-methyl/N-ethyl adjacent to an activating group) is 1.